The van der Waals surface area contributed by atoms with Gasteiger partial charge in [0.1, 0.15) is 0 Å². The highest BCUT2D eigenvalue weighted by Gasteiger charge is 2.32. The number of amides is 1. The van der Waals surface area contributed by atoms with E-state index in [4.69, 9.17) is 0 Å². The standard InChI is InChI=1S/C12H13NO/c1-3-8-13-9(2)10-6-4-5-7-11(10)12(13)14/h3-7,9H,1,8H2,2H3. The van der Waals surface area contributed by atoms with E-state index in [0.717, 1.165) is 11.1 Å². The average molecular weight is 187 g/mol. The fourth-order valence-corrected chi connectivity index (χ4v) is 1.93. The number of carbonyl (C=O) groups is 1. The normalized spacial score (nSPS) is 19.6. The summed E-state index contributed by atoms with van der Waals surface area (Å²) in [5, 5.41) is 0. The van der Waals surface area contributed by atoms with Crippen LogP contribution in [0.15, 0.2) is 36.9 Å². The highest BCUT2D eigenvalue weighted by molar-refractivity contribution is 5.99. The van der Waals surface area contributed by atoms with Gasteiger partial charge >= 0.3 is 0 Å². The Morgan fingerprint density at radius 3 is 2.86 bits per heavy atom. The van der Waals surface area contributed by atoms with Gasteiger partial charge in [-0.3, -0.25) is 4.79 Å². The van der Waals surface area contributed by atoms with Crippen LogP contribution in [0.5, 0.6) is 0 Å². The highest BCUT2D eigenvalue weighted by atomic mass is 16.2. The van der Waals surface area contributed by atoms with Gasteiger partial charge in [-0.2, -0.15) is 0 Å². The van der Waals surface area contributed by atoms with Gasteiger partial charge in [0.15, 0.2) is 0 Å². The van der Waals surface area contributed by atoms with Gasteiger partial charge in [-0.05, 0) is 18.6 Å². The van der Waals surface area contributed by atoms with Gasteiger partial charge in [0.25, 0.3) is 5.91 Å². The minimum atomic E-state index is 0.119. The molecule has 0 aliphatic carbocycles. The summed E-state index contributed by atoms with van der Waals surface area (Å²) in [7, 11) is 0. The average Bonchev–Trinajstić information content (AvgIpc) is 2.45. The Morgan fingerprint density at radius 2 is 2.21 bits per heavy atom. The molecule has 0 saturated carbocycles. The quantitative estimate of drug-likeness (QED) is 0.651. The molecule has 1 aliphatic rings. The number of carbonyl (C=O) groups excluding carboxylic acids is 1. The van der Waals surface area contributed by atoms with Crippen LogP contribution in [-0.2, 0) is 0 Å². The molecule has 1 aliphatic heterocycles. The number of fused-ring (bicyclic) bond motifs is 1. The van der Waals surface area contributed by atoms with Crippen molar-refractivity contribution in [2.45, 2.75) is 13.0 Å². The fraction of sp³-hybridized carbons (Fsp3) is 0.250. The van der Waals surface area contributed by atoms with E-state index in [1.165, 1.54) is 0 Å². The molecule has 2 heteroatoms. The largest absolute Gasteiger partial charge is 0.328 e. The van der Waals surface area contributed by atoms with Crippen LogP contribution in [0.1, 0.15) is 28.9 Å². The van der Waals surface area contributed by atoms with E-state index in [0.29, 0.717) is 6.54 Å². The minimum absolute atomic E-state index is 0.119. The van der Waals surface area contributed by atoms with Crippen molar-refractivity contribution in [3.8, 4) is 0 Å². The van der Waals surface area contributed by atoms with E-state index >= 15 is 0 Å². The molecule has 1 amide bonds. The second-order valence-corrected chi connectivity index (χ2v) is 3.51. The van der Waals surface area contributed by atoms with Crippen molar-refractivity contribution in [1.82, 2.24) is 4.90 Å². The SMILES string of the molecule is C=CCN1C(=O)c2ccccc2C1C. The lowest BCUT2D eigenvalue weighted by Gasteiger charge is -2.19. The molecule has 1 aromatic rings. The number of benzene rings is 1. The molecule has 2 rings (SSSR count). The van der Waals surface area contributed by atoms with Crippen molar-refractivity contribution in [3.05, 3.63) is 48.0 Å². The third-order valence-corrected chi connectivity index (χ3v) is 2.70. The van der Waals surface area contributed by atoms with Gasteiger partial charge < -0.3 is 4.90 Å². The van der Waals surface area contributed by atoms with Gasteiger partial charge in [-0.1, -0.05) is 24.3 Å². The van der Waals surface area contributed by atoms with Crippen LogP contribution in [0.4, 0.5) is 0 Å². The van der Waals surface area contributed by atoms with Crippen LogP contribution >= 0.6 is 0 Å². The molecule has 1 heterocycles. The van der Waals surface area contributed by atoms with Crippen LogP contribution in [0.25, 0.3) is 0 Å². The summed E-state index contributed by atoms with van der Waals surface area (Å²) in [5.74, 6) is 0.119. The van der Waals surface area contributed by atoms with Gasteiger partial charge in [0, 0.05) is 12.1 Å². The maximum absolute atomic E-state index is 11.9. The molecular weight excluding hydrogens is 174 g/mol. The van der Waals surface area contributed by atoms with Crippen LogP contribution in [-0.4, -0.2) is 17.4 Å². The highest BCUT2D eigenvalue weighted by Crippen LogP contribution is 2.32. The molecule has 72 valence electrons. The zero-order chi connectivity index (χ0) is 10.1. The smallest absolute Gasteiger partial charge is 0.254 e. The van der Waals surface area contributed by atoms with Crippen molar-refractivity contribution in [2.24, 2.45) is 0 Å². The van der Waals surface area contributed by atoms with E-state index < -0.39 is 0 Å². The zero-order valence-electron chi connectivity index (χ0n) is 8.23. The molecule has 2 nitrogen and oxygen atoms in total. The minimum Gasteiger partial charge on any atom is -0.328 e. The Hall–Kier alpha value is -1.57. The van der Waals surface area contributed by atoms with E-state index in [1.807, 2.05) is 36.1 Å². The maximum atomic E-state index is 11.9. The molecule has 0 N–H and O–H groups in total. The molecule has 1 aromatic carbocycles. The maximum Gasteiger partial charge on any atom is 0.254 e. The van der Waals surface area contributed by atoms with Gasteiger partial charge in [0.05, 0.1) is 6.04 Å². The summed E-state index contributed by atoms with van der Waals surface area (Å²) in [4.78, 5) is 13.7. The van der Waals surface area contributed by atoms with Crippen molar-refractivity contribution in [1.29, 1.82) is 0 Å². The first-order chi connectivity index (χ1) is 6.75. The lowest BCUT2D eigenvalue weighted by molar-refractivity contribution is 0.0759. The van der Waals surface area contributed by atoms with Crippen molar-refractivity contribution >= 4 is 5.91 Å². The van der Waals surface area contributed by atoms with Crippen molar-refractivity contribution < 1.29 is 4.79 Å². The molecule has 0 aromatic heterocycles. The fourth-order valence-electron chi connectivity index (χ4n) is 1.93. The first kappa shape index (κ1) is 9.00. The molecule has 14 heavy (non-hydrogen) atoms. The molecule has 1 unspecified atom stereocenters. The summed E-state index contributed by atoms with van der Waals surface area (Å²) in [5.41, 5.74) is 1.96. The second-order valence-electron chi connectivity index (χ2n) is 3.51. The first-order valence-corrected chi connectivity index (χ1v) is 4.76. The Labute approximate surface area is 83.8 Å². The third kappa shape index (κ3) is 1.15. The lowest BCUT2D eigenvalue weighted by atomic mass is 10.1. The monoisotopic (exact) mass is 187 g/mol. The summed E-state index contributed by atoms with van der Waals surface area (Å²) >= 11 is 0. The van der Waals surface area contributed by atoms with E-state index in [1.54, 1.807) is 6.08 Å². The molecule has 0 fully saturated rings. The van der Waals surface area contributed by atoms with Crippen LogP contribution in [0.3, 0.4) is 0 Å². The zero-order valence-corrected chi connectivity index (χ0v) is 8.23. The number of hydrogen-bond donors (Lipinski definition) is 0. The first-order valence-electron chi connectivity index (χ1n) is 4.76. The molecule has 0 spiro atoms. The number of rotatable bonds is 2. The van der Waals surface area contributed by atoms with E-state index in [2.05, 4.69) is 6.58 Å². The Kier molecular flexibility index (Phi) is 2.12. The van der Waals surface area contributed by atoms with Crippen LogP contribution in [0.2, 0.25) is 0 Å². The summed E-state index contributed by atoms with van der Waals surface area (Å²) in [6.45, 7) is 6.33. The predicted octanol–water partition coefficient (Wildman–Crippen LogP) is 2.39. The topological polar surface area (TPSA) is 20.3 Å². The number of hydrogen-bond acceptors (Lipinski definition) is 1. The molecule has 0 bridgehead atoms. The van der Waals surface area contributed by atoms with Gasteiger partial charge in [-0.25, -0.2) is 0 Å². The van der Waals surface area contributed by atoms with Crippen molar-refractivity contribution in [3.63, 3.8) is 0 Å². The van der Waals surface area contributed by atoms with Gasteiger partial charge in [0.2, 0.25) is 0 Å². The Balaban J connectivity index is 2.42. The predicted molar refractivity (Wildman–Crippen MR) is 56.1 cm³/mol. The Bertz CT molecular complexity index is 384. The van der Waals surface area contributed by atoms with E-state index in [-0.39, 0.29) is 11.9 Å². The third-order valence-electron chi connectivity index (χ3n) is 2.70. The van der Waals surface area contributed by atoms with Crippen LogP contribution in [0, 0.1) is 0 Å². The molecule has 1 atom stereocenters. The van der Waals surface area contributed by atoms with Gasteiger partial charge in [-0.15, -0.1) is 6.58 Å². The van der Waals surface area contributed by atoms with Crippen LogP contribution < -0.4 is 0 Å². The summed E-state index contributed by atoms with van der Waals surface area (Å²) in [6, 6.07) is 7.95. The second kappa shape index (κ2) is 3.29. The lowest BCUT2D eigenvalue weighted by Crippen LogP contribution is -2.26. The molecular formula is C12H13NO. The number of nitrogens with zero attached hydrogens (tertiary/aromatic N) is 1. The molecule has 0 radical (unpaired) electrons. The Morgan fingerprint density at radius 1 is 1.50 bits per heavy atom. The van der Waals surface area contributed by atoms with E-state index in [9.17, 15) is 4.79 Å². The summed E-state index contributed by atoms with van der Waals surface area (Å²) in [6.07, 6.45) is 1.76. The summed E-state index contributed by atoms with van der Waals surface area (Å²) < 4.78 is 0. The van der Waals surface area contributed by atoms with Crippen molar-refractivity contribution in [2.75, 3.05) is 6.54 Å². The molecule has 0 saturated heterocycles.